The lowest BCUT2D eigenvalue weighted by Gasteiger charge is -2.07. The van der Waals surface area contributed by atoms with E-state index in [1.165, 1.54) is 6.07 Å². The fourth-order valence-electron chi connectivity index (χ4n) is 1.45. The number of nitrogens with one attached hydrogen (secondary N) is 1. The molecule has 17 heavy (non-hydrogen) atoms. The van der Waals surface area contributed by atoms with Crippen LogP contribution in [0.25, 0.3) is 0 Å². The summed E-state index contributed by atoms with van der Waals surface area (Å²) in [6.07, 6.45) is 0. The van der Waals surface area contributed by atoms with Gasteiger partial charge in [0.1, 0.15) is 11.6 Å². The maximum Gasteiger partial charge on any atom is 0.224 e. The van der Waals surface area contributed by atoms with Gasteiger partial charge in [0.05, 0.1) is 0 Å². The van der Waals surface area contributed by atoms with Crippen molar-refractivity contribution in [2.75, 3.05) is 5.32 Å². The van der Waals surface area contributed by atoms with E-state index in [0.717, 1.165) is 5.69 Å². The Morgan fingerprint density at radius 1 is 1.29 bits per heavy atom. The summed E-state index contributed by atoms with van der Waals surface area (Å²) in [6, 6.07) is 8.35. The zero-order valence-corrected chi connectivity index (χ0v) is 10.0. The normalized spacial score (nSPS) is 10.3. The molecule has 0 amide bonds. The van der Waals surface area contributed by atoms with E-state index in [9.17, 15) is 4.39 Å². The molecule has 0 aliphatic carbocycles. The highest BCUT2D eigenvalue weighted by Gasteiger charge is 2.02. The highest BCUT2D eigenvalue weighted by Crippen LogP contribution is 2.12. The molecular formula is C12H11ClFN3. The van der Waals surface area contributed by atoms with E-state index in [1.54, 1.807) is 24.3 Å². The number of hydrogen-bond donors (Lipinski definition) is 1. The second-order valence-corrected chi connectivity index (χ2v) is 3.95. The zero-order valence-electron chi connectivity index (χ0n) is 9.24. The molecule has 0 unspecified atom stereocenters. The molecule has 0 aliphatic heterocycles. The Bertz CT molecular complexity index is 511. The van der Waals surface area contributed by atoms with Crippen LogP contribution in [0.5, 0.6) is 0 Å². The molecule has 0 aliphatic rings. The smallest absolute Gasteiger partial charge is 0.224 e. The Labute approximate surface area is 104 Å². The average Bonchev–Trinajstić information content (AvgIpc) is 2.27. The second-order valence-electron chi connectivity index (χ2n) is 3.61. The van der Waals surface area contributed by atoms with Gasteiger partial charge in [-0.15, -0.1) is 0 Å². The molecule has 3 nitrogen and oxygen atoms in total. The number of aromatic nitrogens is 2. The van der Waals surface area contributed by atoms with Crippen molar-refractivity contribution in [3.63, 3.8) is 0 Å². The molecule has 0 saturated carbocycles. The summed E-state index contributed by atoms with van der Waals surface area (Å²) in [7, 11) is 0. The Kier molecular flexibility index (Phi) is 3.54. The molecule has 0 saturated heterocycles. The summed E-state index contributed by atoms with van der Waals surface area (Å²) in [5.41, 5.74) is 1.35. The van der Waals surface area contributed by atoms with Crippen LogP contribution < -0.4 is 5.32 Å². The SMILES string of the molecule is Cc1cc(NCc2ccccc2F)nc(Cl)n1. The second kappa shape index (κ2) is 5.10. The molecule has 1 N–H and O–H groups in total. The fourth-order valence-corrected chi connectivity index (χ4v) is 1.67. The molecule has 2 aromatic rings. The van der Waals surface area contributed by atoms with E-state index in [4.69, 9.17) is 11.6 Å². The van der Waals surface area contributed by atoms with Crippen LogP contribution in [0.1, 0.15) is 11.3 Å². The number of anilines is 1. The lowest BCUT2D eigenvalue weighted by molar-refractivity contribution is 0.613. The molecule has 0 bridgehead atoms. The van der Waals surface area contributed by atoms with Gasteiger partial charge in [0.25, 0.3) is 0 Å². The molecule has 0 radical (unpaired) electrons. The minimum absolute atomic E-state index is 0.182. The predicted octanol–water partition coefficient (Wildman–Crippen LogP) is 3.19. The van der Waals surface area contributed by atoms with Gasteiger partial charge >= 0.3 is 0 Å². The quantitative estimate of drug-likeness (QED) is 0.852. The summed E-state index contributed by atoms with van der Waals surface area (Å²) >= 11 is 5.73. The van der Waals surface area contributed by atoms with Crippen LogP contribution in [0.15, 0.2) is 30.3 Å². The van der Waals surface area contributed by atoms with Crippen LogP contribution in [0, 0.1) is 12.7 Å². The molecule has 88 valence electrons. The van der Waals surface area contributed by atoms with Crippen molar-refractivity contribution in [1.82, 2.24) is 9.97 Å². The third-order valence-corrected chi connectivity index (χ3v) is 2.41. The zero-order chi connectivity index (χ0) is 12.3. The Hall–Kier alpha value is -1.68. The molecule has 1 aromatic carbocycles. The minimum atomic E-state index is -0.239. The van der Waals surface area contributed by atoms with Gasteiger partial charge in [-0.3, -0.25) is 0 Å². The summed E-state index contributed by atoms with van der Waals surface area (Å²) in [5, 5.41) is 3.19. The van der Waals surface area contributed by atoms with E-state index in [-0.39, 0.29) is 11.1 Å². The number of halogens is 2. The van der Waals surface area contributed by atoms with Crippen LogP contribution in [0.2, 0.25) is 5.28 Å². The highest BCUT2D eigenvalue weighted by molar-refractivity contribution is 6.28. The first-order valence-corrected chi connectivity index (χ1v) is 5.51. The van der Waals surface area contributed by atoms with Gasteiger partial charge in [0.2, 0.25) is 5.28 Å². The predicted molar refractivity (Wildman–Crippen MR) is 65.5 cm³/mol. The lowest BCUT2D eigenvalue weighted by Crippen LogP contribution is -2.04. The lowest BCUT2D eigenvalue weighted by atomic mass is 10.2. The topological polar surface area (TPSA) is 37.8 Å². The van der Waals surface area contributed by atoms with Gasteiger partial charge in [0, 0.05) is 23.9 Å². The first kappa shape index (κ1) is 11.8. The number of aryl methyl sites for hydroxylation is 1. The van der Waals surface area contributed by atoms with E-state index in [2.05, 4.69) is 15.3 Å². The Balaban J connectivity index is 2.10. The third kappa shape index (κ3) is 3.14. The van der Waals surface area contributed by atoms with Crippen LogP contribution in [-0.4, -0.2) is 9.97 Å². The number of hydrogen-bond acceptors (Lipinski definition) is 3. The fraction of sp³-hybridized carbons (Fsp3) is 0.167. The standard InChI is InChI=1S/C12H11ClFN3/c1-8-6-11(17-12(13)16-8)15-7-9-4-2-3-5-10(9)14/h2-6H,7H2,1H3,(H,15,16,17). The van der Waals surface area contributed by atoms with Crippen molar-refractivity contribution in [1.29, 1.82) is 0 Å². The Morgan fingerprint density at radius 2 is 2.06 bits per heavy atom. The molecule has 2 rings (SSSR count). The van der Waals surface area contributed by atoms with Crippen molar-refractivity contribution in [3.8, 4) is 0 Å². The third-order valence-electron chi connectivity index (χ3n) is 2.24. The summed E-state index contributed by atoms with van der Waals surface area (Å²) < 4.78 is 13.4. The van der Waals surface area contributed by atoms with Crippen LogP contribution in [0.4, 0.5) is 10.2 Å². The van der Waals surface area contributed by atoms with E-state index in [1.807, 2.05) is 6.92 Å². The number of nitrogens with zero attached hydrogens (tertiary/aromatic N) is 2. The van der Waals surface area contributed by atoms with Crippen molar-refractivity contribution >= 4 is 17.4 Å². The molecule has 0 spiro atoms. The van der Waals surface area contributed by atoms with Gasteiger partial charge in [-0.1, -0.05) is 18.2 Å². The molecule has 5 heteroatoms. The van der Waals surface area contributed by atoms with Gasteiger partial charge < -0.3 is 5.32 Å². The molecule has 1 heterocycles. The van der Waals surface area contributed by atoms with E-state index in [0.29, 0.717) is 17.9 Å². The minimum Gasteiger partial charge on any atom is -0.366 e. The molecular weight excluding hydrogens is 241 g/mol. The van der Waals surface area contributed by atoms with Gasteiger partial charge in [-0.25, -0.2) is 14.4 Å². The first-order chi connectivity index (χ1) is 8.15. The van der Waals surface area contributed by atoms with Crippen molar-refractivity contribution in [2.45, 2.75) is 13.5 Å². The number of rotatable bonds is 3. The van der Waals surface area contributed by atoms with Gasteiger partial charge in [0.15, 0.2) is 0 Å². The molecule has 0 fully saturated rings. The maximum absolute atomic E-state index is 13.4. The first-order valence-electron chi connectivity index (χ1n) is 5.13. The highest BCUT2D eigenvalue weighted by atomic mass is 35.5. The number of benzene rings is 1. The van der Waals surface area contributed by atoms with Gasteiger partial charge in [-0.2, -0.15) is 0 Å². The molecule has 0 atom stereocenters. The largest absolute Gasteiger partial charge is 0.366 e. The monoisotopic (exact) mass is 251 g/mol. The van der Waals surface area contributed by atoms with E-state index < -0.39 is 0 Å². The average molecular weight is 252 g/mol. The van der Waals surface area contributed by atoms with Crippen LogP contribution in [-0.2, 0) is 6.54 Å². The van der Waals surface area contributed by atoms with E-state index >= 15 is 0 Å². The Morgan fingerprint density at radius 3 is 2.76 bits per heavy atom. The van der Waals surface area contributed by atoms with Crippen molar-refractivity contribution in [3.05, 3.63) is 52.7 Å². The van der Waals surface area contributed by atoms with Gasteiger partial charge in [-0.05, 0) is 24.6 Å². The van der Waals surface area contributed by atoms with Crippen LogP contribution in [0.3, 0.4) is 0 Å². The summed E-state index contributed by atoms with van der Waals surface area (Å²) in [5.74, 6) is 0.350. The maximum atomic E-state index is 13.4. The van der Waals surface area contributed by atoms with Crippen molar-refractivity contribution < 1.29 is 4.39 Å². The summed E-state index contributed by atoms with van der Waals surface area (Å²) in [6.45, 7) is 2.18. The van der Waals surface area contributed by atoms with Crippen molar-refractivity contribution in [2.24, 2.45) is 0 Å². The summed E-state index contributed by atoms with van der Waals surface area (Å²) in [4.78, 5) is 7.95. The molecule has 1 aromatic heterocycles. The van der Waals surface area contributed by atoms with Crippen LogP contribution >= 0.6 is 11.6 Å².